The van der Waals surface area contributed by atoms with E-state index in [2.05, 4.69) is 58.2 Å². The van der Waals surface area contributed by atoms with E-state index in [1.54, 1.807) is 6.33 Å². The first-order valence-corrected chi connectivity index (χ1v) is 11.4. The summed E-state index contributed by atoms with van der Waals surface area (Å²) in [5.41, 5.74) is 3.29. The van der Waals surface area contributed by atoms with E-state index in [-0.39, 0.29) is 6.04 Å². The lowest BCUT2D eigenvalue weighted by atomic mass is 9.89. The van der Waals surface area contributed by atoms with Crippen molar-refractivity contribution in [1.29, 1.82) is 0 Å². The van der Waals surface area contributed by atoms with Gasteiger partial charge in [0.1, 0.15) is 30.2 Å². The first-order valence-electron chi connectivity index (χ1n) is 11.4. The molecule has 2 aliphatic heterocycles. The van der Waals surface area contributed by atoms with Crippen LogP contribution in [0, 0.1) is 0 Å². The molecule has 12 heteroatoms. The average molecular weight is 493 g/mol. The molecule has 0 bridgehead atoms. The Bertz CT molecular complexity index is 1180. The second kappa shape index (κ2) is 10.1. The van der Waals surface area contributed by atoms with E-state index >= 15 is 0 Å². The number of alkyl halides is 3. The van der Waals surface area contributed by atoms with Crippen LogP contribution in [0.5, 0.6) is 5.75 Å². The first-order chi connectivity index (χ1) is 16.6. The fourth-order valence-electron chi connectivity index (χ4n) is 4.23. The number of carboxylic acid groups (broad SMARTS) is 1. The van der Waals surface area contributed by atoms with Crippen LogP contribution in [0.2, 0.25) is 0 Å². The summed E-state index contributed by atoms with van der Waals surface area (Å²) in [6, 6.07) is 6.89. The number of nitrogens with zero attached hydrogens (tertiary/aromatic N) is 5. The van der Waals surface area contributed by atoms with Crippen LogP contribution in [0.1, 0.15) is 44.2 Å². The lowest BCUT2D eigenvalue weighted by molar-refractivity contribution is -0.192. The predicted molar refractivity (Wildman–Crippen MR) is 121 cm³/mol. The minimum Gasteiger partial charge on any atom is -0.491 e. The molecule has 4 heterocycles. The number of aromatic nitrogens is 5. The number of carboxylic acids is 1. The van der Waals surface area contributed by atoms with Gasteiger partial charge < -0.3 is 19.7 Å². The highest BCUT2D eigenvalue weighted by Crippen LogP contribution is 2.37. The van der Waals surface area contributed by atoms with Gasteiger partial charge in [-0.1, -0.05) is 6.07 Å². The quantitative estimate of drug-likeness (QED) is 0.571. The van der Waals surface area contributed by atoms with E-state index in [1.807, 2.05) is 4.68 Å². The predicted octanol–water partition coefficient (Wildman–Crippen LogP) is 3.88. The van der Waals surface area contributed by atoms with Crippen LogP contribution in [-0.4, -0.2) is 61.3 Å². The maximum atomic E-state index is 10.6. The summed E-state index contributed by atoms with van der Waals surface area (Å²) in [6.07, 6.45) is 0.949. The molecule has 0 aliphatic carbocycles. The normalized spacial score (nSPS) is 15.9. The number of benzene rings is 1. The number of aliphatic carboxylic acids is 1. The summed E-state index contributed by atoms with van der Waals surface area (Å²) in [7, 11) is 0. The van der Waals surface area contributed by atoms with Crippen molar-refractivity contribution in [3.63, 3.8) is 0 Å². The number of halogens is 3. The molecule has 5 rings (SSSR count). The summed E-state index contributed by atoms with van der Waals surface area (Å²) >= 11 is 0. The van der Waals surface area contributed by atoms with Crippen molar-refractivity contribution in [2.45, 2.75) is 51.4 Å². The number of piperidine rings is 1. The SMILES string of the molecule is CC(C)n1ncnc1-c1cn2c(n1)-c1ccc(C3CCNCC3)cc1OCC2.O=C(O)C(F)(F)F. The zero-order valence-corrected chi connectivity index (χ0v) is 19.4. The van der Waals surface area contributed by atoms with Crippen molar-refractivity contribution in [2.24, 2.45) is 0 Å². The molecule has 1 aromatic carbocycles. The molecule has 3 aromatic rings. The van der Waals surface area contributed by atoms with Gasteiger partial charge in [-0.15, -0.1) is 0 Å². The van der Waals surface area contributed by atoms with Crippen LogP contribution in [0.15, 0.2) is 30.7 Å². The van der Waals surface area contributed by atoms with E-state index in [0.717, 1.165) is 48.3 Å². The number of hydrogen-bond acceptors (Lipinski definition) is 6. The van der Waals surface area contributed by atoms with Crippen molar-refractivity contribution in [2.75, 3.05) is 19.7 Å². The van der Waals surface area contributed by atoms with E-state index < -0.39 is 12.1 Å². The highest BCUT2D eigenvalue weighted by atomic mass is 19.4. The van der Waals surface area contributed by atoms with Crippen molar-refractivity contribution < 1.29 is 27.8 Å². The van der Waals surface area contributed by atoms with Gasteiger partial charge in [0, 0.05) is 12.2 Å². The number of carbonyl (C=O) groups is 1. The Morgan fingerprint density at radius 1 is 1.23 bits per heavy atom. The van der Waals surface area contributed by atoms with Crippen LogP contribution < -0.4 is 10.1 Å². The lowest BCUT2D eigenvalue weighted by Crippen LogP contribution is -2.26. The molecule has 188 valence electrons. The fourth-order valence-corrected chi connectivity index (χ4v) is 4.23. The standard InChI is InChI=1S/C21H26N6O.C2HF3O2/c1-14(2)27-21(23-13-24-27)18-12-26-9-10-28-19-11-16(15-5-7-22-8-6-15)3-4-17(19)20(26)25-18;3-2(4,5)1(6)7/h3-4,11-15,22H,5-10H2,1-2H3;(H,6,7). The van der Waals surface area contributed by atoms with E-state index in [4.69, 9.17) is 19.6 Å². The molecule has 0 atom stereocenters. The molecule has 0 unspecified atom stereocenters. The zero-order valence-electron chi connectivity index (χ0n) is 19.4. The van der Waals surface area contributed by atoms with Gasteiger partial charge in [-0.05, 0) is 63.4 Å². The Kier molecular flexibility index (Phi) is 7.10. The zero-order chi connectivity index (χ0) is 25.2. The van der Waals surface area contributed by atoms with Gasteiger partial charge in [-0.25, -0.2) is 19.4 Å². The maximum Gasteiger partial charge on any atom is 0.490 e. The van der Waals surface area contributed by atoms with Gasteiger partial charge in [0.25, 0.3) is 0 Å². The molecule has 2 aliphatic rings. The largest absolute Gasteiger partial charge is 0.491 e. The van der Waals surface area contributed by atoms with Crippen molar-refractivity contribution >= 4 is 5.97 Å². The summed E-state index contributed by atoms with van der Waals surface area (Å²) in [6.45, 7) is 7.80. The highest BCUT2D eigenvalue weighted by Gasteiger charge is 2.38. The second-order valence-corrected chi connectivity index (χ2v) is 8.70. The molecule has 2 N–H and O–H groups in total. The second-order valence-electron chi connectivity index (χ2n) is 8.70. The van der Waals surface area contributed by atoms with Gasteiger partial charge >= 0.3 is 12.1 Å². The van der Waals surface area contributed by atoms with Crippen molar-refractivity contribution in [3.05, 3.63) is 36.3 Å². The van der Waals surface area contributed by atoms with Crippen molar-refractivity contribution in [3.8, 4) is 28.7 Å². The smallest absolute Gasteiger partial charge is 0.490 e. The van der Waals surface area contributed by atoms with Crippen LogP contribution in [0.4, 0.5) is 13.2 Å². The number of rotatable bonds is 3. The van der Waals surface area contributed by atoms with E-state index in [1.165, 1.54) is 18.4 Å². The summed E-state index contributed by atoms with van der Waals surface area (Å²) in [4.78, 5) is 18.3. The van der Waals surface area contributed by atoms with Gasteiger partial charge in [-0.3, -0.25) is 0 Å². The molecule has 35 heavy (non-hydrogen) atoms. The molecule has 0 radical (unpaired) electrons. The van der Waals surface area contributed by atoms with Crippen LogP contribution in [-0.2, 0) is 11.3 Å². The number of imidazole rings is 1. The molecule has 2 aromatic heterocycles. The number of hydrogen-bond donors (Lipinski definition) is 2. The van der Waals surface area contributed by atoms with Gasteiger partial charge in [0.15, 0.2) is 5.82 Å². The molecule has 0 spiro atoms. The minimum absolute atomic E-state index is 0.238. The van der Waals surface area contributed by atoms with Crippen LogP contribution in [0.25, 0.3) is 22.9 Å². The molecular weight excluding hydrogens is 465 g/mol. The first kappa shape index (κ1) is 24.7. The van der Waals surface area contributed by atoms with E-state index in [0.29, 0.717) is 12.5 Å². The van der Waals surface area contributed by atoms with Crippen molar-refractivity contribution in [1.82, 2.24) is 29.6 Å². The van der Waals surface area contributed by atoms with E-state index in [9.17, 15) is 13.2 Å². The summed E-state index contributed by atoms with van der Waals surface area (Å²) < 4.78 is 41.9. The summed E-state index contributed by atoms with van der Waals surface area (Å²) in [5.74, 6) is 0.546. The topological polar surface area (TPSA) is 107 Å². The fraction of sp³-hybridized carbons (Fsp3) is 0.478. The Morgan fingerprint density at radius 3 is 2.60 bits per heavy atom. The average Bonchev–Trinajstić information content (AvgIpc) is 3.44. The minimum atomic E-state index is -5.08. The number of fused-ring (bicyclic) bond motifs is 3. The van der Waals surface area contributed by atoms with Gasteiger partial charge in [-0.2, -0.15) is 18.3 Å². The Morgan fingerprint density at radius 2 is 1.94 bits per heavy atom. The molecule has 0 amide bonds. The van der Waals surface area contributed by atoms with Crippen LogP contribution >= 0.6 is 0 Å². The van der Waals surface area contributed by atoms with Gasteiger partial charge in [0.2, 0.25) is 0 Å². The van der Waals surface area contributed by atoms with Gasteiger partial charge in [0.05, 0.1) is 12.1 Å². The summed E-state index contributed by atoms with van der Waals surface area (Å²) in [5, 5.41) is 14.9. The molecular formula is C23H27F3N6O3. The third-order valence-electron chi connectivity index (χ3n) is 5.96. The monoisotopic (exact) mass is 492 g/mol. The third-order valence-corrected chi connectivity index (χ3v) is 5.96. The molecule has 9 nitrogen and oxygen atoms in total. The number of nitrogens with one attached hydrogen (secondary N) is 1. The lowest BCUT2D eigenvalue weighted by Gasteiger charge is -2.23. The Balaban J connectivity index is 0.000000364. The van der Waals surface area contributed by atoms with Crippen LogP contribution in [0.3, 0.4) is 0 Å². The molecule has 1 saturated heterocycles. The Labute approximate surface area is 200 Å². The third kappa shape index (κ3) is 5.47. The molecule has 1 fully saturated rings. The molecule has 0 saturated carbocycles. The highest BCUT2D eigenvalue weighted by molar-refractivity contribution is 5.73. The Hall–Kier alpha value is -3.41. The maximum absolute atomic E-state index is 10.6. The number of ether oxygens (including phenoxy) is 1.